The molecule has 5 N–H and O–H groups in total. The number of rotatable bonds is 6. The molecule has 7 heteroatoms. The van der Waals surface area contributed by atoms with Crippen LogP contribution < -0.4 is 5.32 Å². The van der Waals surface area contributed by atoms with Gasteiger partial charge >= 0.3 is 0 Å². The van der Waals surface area contributed by atoms with Gasteiger partial charge in [0.05, 0.1) is 18.8 Å². The topological polar surface area (TPSA) is 96.2 Å². The van der Waals surface area contributed by atoms with Gasteiger partial charge < -0.3 is 25.7 Å². The molecule has 0 spiro atoms. The summed E-state index contributed by atoms with van der Waals surface area (Å²) in [7, 11) is 0. The zero-order chi connectivity index (χ0) is 20.3. The van der Waals surface area contributed by atoms with Gasteiger partial charge in [-0.2, -0.15) is 0 Å². The van der Waals surface area contributed by atoms with E-state index in [4.69, 9.17) is 0 Å². The number of hydrogen-bond acceptors (Lipinski definition) is 6. The number of anilines is 1. The maximum atomic E-state index is 10.1. The van der Waals surface area contributed by atoms with Crippen LogP contribution in [0, 0.1) is 6.92 Å². The Morgan fingerprint density at radius 2 is 1.82 bits per heavy atom. The molecule has 0 bridgehead atoms. The van der Waals surface area contributed by atoms with Gasteiger partial charge in [0.25, 0.3) is 0 Å². The van der Waals surface area contributed by atoms with Gasteiger partial charge in [0.2, 0.25) is 0 Å². The van der Waals surface area contributed by atoms with Crippen LogP contribution >= 0.6 is 15.9 Å². The Labute approximate surface area is 173 Å². The van der Waals surface area contributed by atoms with Crippen molar-refractivity contribution in [3.05, 3.63) is 63.6 Å². The molecule has 0 aromatic heterocycles. The molecule has 2 aromatic carbocycles. The van der Waals surface area contributed by atoms with Crippen LogP contribution in [0.3, 0.4) is 0 Å². The Kier molecular flexibility index (Phi) is 7.09. The van der Waals surface area contributed by atoms with Gasteiger partial charge in [-0.05, 0) is 41.8 Å². The number of aliphatic hydroxyl groups excluding tert-OH is 4. The highest BCUT2D eigenvalue weighted by atomic mass is 79.9. The van der Waals surface area contributed by atoms with Crippen LogP contribution in [-0.4, -0.2) is 62.8 Å². The largest absolute Gasteiger partial charge is 0.395 e. The fraction of sp³-hybridized carbons (Fsp3) is 0.429. The summed E-state index contributed by atoms with van der Waals surface area (Å²) in [6, 6.07) is 13.6. The second-order valence-corrected chi connectivity index (χ2v) is 8.33. The molecule has 6 nitrogen and oxygen atoms in total. The average Bonchev–Trinajstić information content (AvgIpc) is 2.64. The molecule has 1 aliphatic rings. The zero-order valence-corrected chi connectivity index (χ0v) is 17.4. The van der Waals surface area contributed by atoms with E-state index in [1.165, 1.54) is 5.56 Å². The number of benzene rings is 2. The van der Waals surface area contributed by atoms with Crippen LogP contribution in [0.5, 0.6) is 0 Å². The van der Waals surface area contributed by atoms with E-state index in [0.717, 1.165) is 21.3 Å². The Bertz CT molecular complexity index is 783. The summed E-state index contributed by atoms with van der Waals surface area (Å²) in [6.07, 6.45) is -3.46. The molecular weight excluding hydrogens is 424 g/mol. The van der Waals surface area contributed by atoms with E-state index >= 15 is 0 Å². The monoisotopic (exact) mass is 450 g/mol. The zero-order valence-electron chi connectivity index (χ0n) is 15.8. The molecule has 152 valence electrons. The smallest absolute Gasteiger partial charge is 0.109 e. The first-order valence-electron chi connectivity index (χ1n) is 9.35. The van der Waals surface area contributed by atoms with Gasteiger partial charge in [-0.15, -0.1) is 0 Å². The molecule has 0 amide bonds. The molecule has 0 saturated carbocycles. The minimum absolute atomic E-state index is 0.198. The molecule has 28 heavy (non-hydrogen) atoms. The van der Waals surface area contributed by atoms with Crippen LogP contribution in [0.15, 0.2) is 46.9 Å². The molecule has 0 radical (unpaired) electrons. The Balaban J connectivity index is 1.67. The maximum absolute atomic E-state index is 10.1. The Hall–Kier alpha value is -1.48. The second-order valence-electron chi connectivity index (χ2n) is 7.42. The van der Waals surface area contributed by atoms with E-state index in [-0.39, 0.29) is 13.2 Å². The van der Waals surface area contributed by atoms with Gasteiger partial charge in [-0.1, -0.05) is 40.2 Å². The molecule has 0 unspecified atom stereocenters. The van der Waals surface area contributed by atoms with Gasteiger partial charge in [-0.25, -0.2) is 0 Å². The second kappa shape index (κ2) is 9.35. The van der Waals surface area contributed by atoms with Crippen molar-refractivity contribution >= 4 is 21.6 Å². The summed E-state index contributed by atoms with van der Waals surface area (Å²) in [5, 5.41) is 43.0. The molecule has 1 heterocycles. The number of aliphatic hydroxyl groups is 4. The highest BCUT2D eigenvalue weighted by Crippen LogP contribution is 2.23. The number of aryl methyl sites for hydroxylation is 1. The van der Waals surface area contributed by atoms with Gasteiger partial charge in [0, 0.05) is 29.8 Å². The van der Waals surface area contributed by atoms with Crippen molar-refractivity contribution in [2.24, 2.45) is 0 Å². The van der Waals surface area contributed by atoms with Crippen LogP contribution in [0.2, 0.25) is 0 Å². The standard InChI is InChI=1S/C21H27BrN2O4/c1-13-5-16(22)8-17(6-13)23-9-14-3-2-4-15(7-14)10-24-11-19(26)21(28)20(27)18(24)12-25/h2-8,18-21,23,25-28H,9-12H2,1H3/t18-,19+,20-,21-/m1/s1. The van der Waals surface area contributed by atoms with Crippen molar-refractivity contribution in [2.75, 3.05) is 18.5 Å². The highest BCUT2D eigenvalue weighted by molar-refractivity contribution is 9.10. The van der Waals surface area contributed by atoms with Crippen molar-refractivity contribution in [3.63, 3.8) is 0 Å². The predicted molar refractivity (Wildman–Crippen MR) is 112 cm³/mol. The van der Waals surface area contributed by atoms with E-state index in [1.54, 1.807) is 0 Å². The number of β-amino-alcohol motifs (C(OH)–C–C–N with tert-alkyl or cyclic N) is 1. The summed E-state index contributed by atoms with van der Waals surface area (Å²) < 4.78 is 1.03. The maximum Gasteiger partial charge on any atom is 0.109 e. The van der Waals surface area contributed by atoms with Gasteiger partial charge in [0.15, 0.2) is 0 Å². The Morgan fingerprint density at radius 1 is 1.07 bits per heavy atom. The molecule has 4 atom stereocenters. The first-order chi connectivity index (χ1) is 13.4. The number of piperidine rings is 1. The SMILES string of the molecule is Cc1cc(Br)cc(NCc2cccc(CN3C[C@H](O)[C@@H](O)[C@H](O)[C@H]3CO)c2)c1. The van der Waals surface area contributed by atoms with Crippen molar-refractivity contribution < 1.29 is 20.4 Å². The lowest BCUT2D eigenvalue weighted by atomic mass is 9.93. The number of likely N-dealkylation sites (tertiary alicyclic amines) is 1. The summed E-state index contributed by atoms with van der Waals surface area (Å²) in [5.74, 6) is 0. The minimum Gasteiger partial charge on any atom is -0.395 e. The van der Waals surface area contributed by atoms with Crippen LogP contribution in [0.4, 0.5) is 5.69 Å². The fourth-order valence-corrected chi connectivity index (χ4v) is 4.28. The minimum atomic E-state index is -1.24. The lowest BCUT2D eigenvalue weighted by molar-refractivity contribution is -0.147. The third kappa shape index (κ3) is 5.11. The van der Waals surface area contributed by atoms with Gasteiger partial charge in [0.1, 0.15) is 12.2 Å². The number of nitrogens with zero attached hydrogens (tertiary/aromatic N) is 1. The predicted octanol–water partition coefficient (Wildman–Crippen LogP) is 1.63. The first-order valence-corrected chi connectivity index (χ1v) is 10.1. The summed E-state index contributed by atoms with van der Waals surface area (Å²) >= 11 is 3.51. The molecule has 2 aromatic rings. The van der Waals surface area contributed by atoms with Gasteiger partial charge in [-0.3, -0.25) is 4.90 Å². The quantitative estimate of drug-likeness (QED) is 0.458. The summed E-state index contributed by atoms with van der Waals surface area (Å²) in [4.78, 5) is 1.81. The van der Waals surface area contributed by atoms with E-state index in [0.29, 0.717) is 13.1 Å². The van der Waals surface area contributed by atoms with Crippen LogP contribution in [0.25, 0.3) is 0 Å². The molecular formula is C21H27BrN2O4. The van der Waals surface area contributed by atoms with E-state index in [9.17, 15) is 20.4 Å². The number of hydrogen-bond donors (Lipinski definition) is 5. The number of halogens is 1. The van der Waals surface area contributed by atoms with Crippen molar-refractivity contribution in [1.82, 2.24) is 4.90 Å². The number of nitrogens with one attached hydrogen (secondary N) is 1. The summed E-state index contributed by atoms with van der Waals surface area (Å²) in [6.45, 7) is 3.09. The van der Waals surface area contributed by atoms with Crippen LogP contribution in [-0.2, 0) is 13.1 Å². The Morgan fingerprint density at radius 3 is 2.54 bits per heavy atom. The molecule has 1 aliphatic heterocycles. The highest BCUT2D eigenvalue weighted by Gasteiger charge is 2.40. The fourth-order valence-electron chi connectivity index (χ4n) is 3.68. The lowest BCUT2D eigenvalue weighted by Crippen LogP contribution is -2.62. The van der Waals surface area contributed by atoms with Crippen molar-refractivity contribution in [1.29, 1.82) is 0 Å². The third-order valence-corrected chi connectivity index (χ3v) is 5.59. The van der Waals surface area contributed by atoms with Crippen LogP contribution in [0.1, 0.15) is 16.7 Å². The normalized spacial score (nSPS) is 25.6. The molecule has 1 fully saturated rings. The van der Waals surface area contributed by atoms with Crippen molar-refractivity contribution in [3.8, 4) is 0 Å². The average molecular weight is 451 g/mol. The molecule has 0 aliphatic carbocycles. The molecule has 3 rings (SSSR count). The van der Waals surface area contributed by atoms with E-state index in [1.807, 2.05) is 36.1 Å². The summed E-state index contributed by atoms with van der Waals surface area (Å²) in [5.41, 5.74) is 4.33. The lowest BCUT2D eigenvalue weighted by Gasteiger charge is -2.43. The first kappa shape index (κ1) is 21.2. The van der Waals surface area contributed by atoms with E-state index in [2.05, 4.69) is 39.4 Å². The third-order valence-electron chi connectivity index (χ3n) is 5.13. The molecule has 1 saturated heterocycles. The van der Waals surface area contributed by atoms with E-state index < -0.39 is 24.4 Å². The van der Waals surface area contributed by atoms with Crippen molar-refractivity contribution in [2.45, 2.75) is 44.4 Å².